The Labute approximate surface area is 751 Å². The van der Waals surface area contributed by atoms with E-state index in [4.69, 9.17) is 86.6 Å². The van der Waals surface area contributed by atoms with Gasteiger partial charge in [-0.25, -0.2) is 0 Å². The molecule has 13 rings (SSSR count). The van der Waals surface area contributed by atoms with Gasteiger partial charge in [-0.1, -0.05) is 10.3 Å². The summed E-state index contributed by atoms with van der Waals surface area (Å²) in [7, 11) is 12.4. The van der Waals surface area contributed by atoms with Gasteiger partial charge < -0.3 is 117 Å². The SMILES string of the molecule is COc1cc(NC(C)=O)c(O)cc1Br.COc1cc(NC(C)=O)c(OC(C)=O)cc1Br.COc1cc2c(cc1-c1c(C)noc1C)OCCC2.COc1cc2c(cc1-c1c(C)noc1C)OCCN2C(C)=O.COc1cc2c(cc1Br)OCCN2C(C)=O.COc1ccc(O)c(N)c1.COc1ccc(O)c([N+](=O)[O-])c1.COc1ccc(OC(C)=O)c(NC(C)=O)c1. The first-order valence-corrected chi connectivity index (χ1v) is 40.2. The van der Waals surface area contributed by atoms with E-state index in [1.165, 1.54) is 92.9 Å². The quantitative estimate of drug-likeness (QED) is 0.0118. The zero-order chi connectivity index (χ0) is 93.5. The van der Waals surface area contributed by atoms with Crippen molar-refractivity contribution in [3.05, 3.63) is 167 Å². The Morgan fingerprint density at radius 2 is 0.849 bits per heavy atom. The van der Waals surface area contributed by atoms with Crippen LogP contribution in [-0.4, -0.2) is 162 Å². The van der Waals surface area contributed by atoms with Crippen molar-refractivity contribution < 1.29 is 124 Å². The number of carbonyl (C=O) groups is 7. The molecule has 5 heterocycles. The summed E-state index contributed by atoms with van der Waals surface area (Å²) >= 11 is 9.86. The Balaban J connectivity index is 0.000000224. The third kappa shape index (κ3) is 28.7. The zero-order valence-electron chi connectivity index (χ0n) is 72.5. The molecule has 36 nitrogen and oxygen atoms in total. The summed E-state index contributed by atoms with van der Waals surface area (Å²) in [5, 5.41) is 53.3. The highest BCUT2D eigenvalue weighted by Gasteiger charge is 2.29. The number of halogens is 3. The highest BCUT2D eigenvalue weighted by atomic mass is 79.9. The number of aromatic hydroxyl groups is 3. The third-order valence-corrected chi connectivity index (χ3v) is 19.5. The van der Waals surface area contributed by atoms with Crippen molar-refractivity contribution in [2.24, 2.45) is 0 Å². The van der Waals surface area contributed by atoms with E-state index in [9.17, 15) is 48.8 Å². The molecule has 3 aliphatic rings. The minimum absolute atomic E-state index is 0.00660. The lowest BCUT2D eigenvalue weighted by Gasteiger charge is -2.29. The molecule has 8 aromatic carbocycles. The van der Waals surface area contributed by atoms with E-state index in [-0.39, 0.29) is 58.2 Å². The molecule has 0 atom stereocenters. The van der Waals surface area contributed by atoms with Gasteiger partial charge in [0.1, 0.15) is 99.5 Å². The van der Waals surface area contributed by atoms with Crippen molar-refractivity contribution in [3.63, 3.8) is 0 Å². The van der Waals surface area contributed by atoms with E-state index in [1.807, 2.05) is 52.0 Å². The van der Waals surface area contributed by atoms with Crippen LogP contribution in [-0.2, 0) is 40.0 Å². The first-order chi connectivity index (χ1) is 59.7. The predicted octanol–water partition coefficient (Wildman–Crippen LogP) is 16.5. The molecule has 0 aliphatic carbocycles. The van der Waals surface area contributed by atoms with Crippen molar-refractivity contribution >= 4 is 129 Å². The molecule has 3 aliphatic heterocycles. The van der Waals surface area contributed by atoms with E-state index >= 15 is 0 Å². The fraction of sp³-hybridized carbons (Fsp3) is 0.299. The van der Waals surface area contributed by atoms with Gasteiger partial charge in [0.15, 0.2) is 17.2 Å². The first-order valence-electron chi connectivity index (χ1n) is 37.8. The van der Waals surface area contributed by atoms with Gasteiger partial charge in [0, 0.05) is 108 Å². The Morgan fingerprint density at radius 1 is 0.444 bits per heavy atom. The second-order valence-corrected chi connectivity index (χ2v) is 29.2. The number of fused-ring (bicyclic) bond motifs is 3. The number of methoxy groups -OCH3 is 8. The van der Waals surface area contributed by atoms with Crippen LogP contribution in [0.5, 0.6) is 92.0 Å². The molecule has 0 fully saturated rings. The molecule has 8 N–H and O–H groups in total. The van der Waals surface area contributed by atoms with E-state index in [0.29, 0.717) is 115 Å². The maximum atomic E-state index is 11.8. The molecular formula is C87H98Br3N9O27. The van der Waals surface area contributed by atoms with Crippen LogP contribution < -0.4 is 93.1 Å². The summed E-state index contributed by atoms with van der Waals surface area (Å²) in [4.78, 5) is 90.8. The number of carbonyl (C=O) groups excluding carboxylic acids is 7. The molecule has 0 saturated heterocycles. The molecule has 5 amide bonds. The van der Waals surface area contributed by atoms with Gasteiger partial charge in [-0.15, -0.1) is 0 Å². The number of benzene rings is 8. The maximum Gasteiger partial charge on any atom is 0.314 e. The lowest BCUT2D eigenvalue weighted by molar-refractivity contribution is -0.385. The van der Waals surface area contributed by atoms with E-state index in [2.05, 4.69) is 80.1 Å². The van der Waals surface area contributed by atoms with Gasteiger partial charge in [0.25, 0.3) is 0 Å². The Hall–Kier alpha value is -13.7. The topological polar surface area (TPSA) is 464 Å². The fourth-order valence-corrected chi connectivity index (χ4v) is 13.4. The average Bonchev–Trinajstić information content (AvgIpc) is 1.47. The normalized spacial score (nSPS) is 11.4. The number of aromatic nitrogens is 2. The standard InChI is InChI=1S/C16H18N2O4.C15H17NO3.C11H12BrNO4.C11H12BrNO3.C11H13NO4.C9H10BrNO3.C7H7NO4.C7H9NO2/c1-9-16(10(2)22-17-9)12-7-15-13(8-14(12)20-4)18(11(3)19)5-6-21-15;1-9-15(10(2)19-16-9)12-8-13-11(5-4-6-18-13)7-14(12)17-3;1-6(14)13-9-5-10(16-3)8(12)4-11(9)17-7(2)15;1-7(14)13-3-4-16-11-5-8(12)10(15-2)6-9(11)13;1-7(13)12-10-6-9(15-3)4-5-11(10)16-8(2)14;1-5(12)11-7-4-9(14-2)6(10)3-8(7)13;1-12-5-2-3-7(9)6(4-5)8(10)11;1-10-5-2-3-7(9)6(8)4-5/h7-8H,5-6H2,1-4H3;7-8H,4-6H2,1-3H3;4-5H,1-3H3,(H,13,14);5-6H,3-4H2,1-2H3;4-6H,1-3H3,(H,12,13);3-4,13H,1-2H3,(H,11,12);2-4,9H,1H3;2-4,9H,8H2,1H3. The molecule has 0 unspecified atom stereocenters. The molecule has 0 saturated carbocycles. The monoisotopic (exact) mass is 1940 g/mol. The average molecular weight is 1940 g/mol. The van der Waals surface area contributed by atoms with Crippen LogP contribution in [0.25, 0.3) is 22.3 Å². The van der Waals surface area contributed by atoms with Crippen LogP contribution in [0.4, 0.5) is 39.8 Å². The van der Waals surface area contributed by atoms with Crippen molar-refractivity contribution in [1.82, 2.24) is 10.3 Å². The van der Waals surface area contributed by atoms with Crippen LogP contribution in [0.3, 0.4) is 0 Å². The second kappa shape index (κ2) is 48.4. The van der Waals surface area contributed by atoms with Crippen LogP contribution in [0, 0.1) is 37.8 Å². The number of nitrogens with two attached hydrogens (primary N) is 1. The van der Waals surface area contributed by atoms with Crippen LogP contribution >= 0.6 is 47.8 Å². The summed E-state index contributed by atoms with van der Waals surface area (Å²) < 4.78 is 80.4. The van der Waals surface area contributed by atoms with Crippen LogP contribution in [0.15, 0.2) is 138 Å². The van der Waals surface area contributed by atoms with Crippen LogP contribution in [0.1, 0.15) is 83.4 Å². The molecule has 0 spiro atoms. The summed E-state index contributed by atoms with van der Waals surface area (Å²) in [6.07, 6.45) is 2.09. The number of hydrogen-bond acceptors (Lipinski definition) is 30. The van der Waals surface area contributed by atoms with Crippen LogP contribution in [0.2, 0.25) is 0 Å². The first kappa shape index (κ1) is 101. The number of amides is 5. The molecular weight excluding hydrogens is 1840 g/mol. The Kier molecular flexibility index (Phi) is 38.8. The second-order valence-electron chi connectivity index (χ2n) is 26.6. The van der Waals surface area contributed by atoms with E-state index in [0.717, 1.165) is 98.0 Å². The summed E-state index contributed by atoms with van der Waals surface area (Å²) in [5.41, 5.74) is 14.5. The maximum absolute atomic E-state index is 11.8. The number of phenols is 3. The highest BCUT2D eigenvalue weighted by molar-refractivity contribution is 9.11. The number of nitro groups is 1. The van der Waals surface area contributed by atoms with Gasteiger partial charge in [-0.3, -0.25) is 43.7 Å². The lowest BCUT2D eigenvalue weighted by atomic mass is 9.97. The van der Waals surface area contributed by atoms with Gasteiger partial charge >= 0.3 is 17.6 Å². The number of nitrogens with zero attached hydrogens (tertiary/aromatic N) is 5. The number of aryl methyl sites for hydroxylation is 5. The number of nitro benzene ring substituents is 1. The number of rotatable bonds is 16. The van der Waals surface area contributed by atoms with Gasteiger partial charge in [-0.2, -0.15) is 0 Å². The third-order valence-electron chi connectivity index (χ3n) is 17.6. The van der Waals surface area contributed by atoms with E-state index < -0.39 is 16.9 Å². The summed E-state index contributed by atoms with van der Waals surface area (Å²) in [6, 6.07) is 30.9. The molecule has 126 heavy (non-hydrogen) atoms. The Bertz CT molecular complexity index is 5510. The summed E-state index contributed by atoms with van der Waals surface area (Å²) in [5.74, 6) is 7.27. The van der Waals surface area contributed by atoms with Gasteiger partial charge in [0.05, 0.1) is 158 Å². The number of esters is 2. The minimum Gasteiger partial charge on any atom is -0.506 e. The smallest absolute Gasteiger partial charge is 0.314 e. The van der Waals surface area contributed by atoms with Crippen molar-refractivity contribution in [2.75, 3.05) is 121 Å². The summed E-state index contributed by atoms with van der Waals surface area (Å²) in [6.45, 7) is 20.3. The minimum atomic E-state index is -0.669. The molecule has 10 aromatic rings. The zero-order valence-corrected chi connectivity index (χ0v) is 77.3. The number of phenolic OH excluding ortho intramolecular Hbond substituents is 3. The van der Waals surface area contributed by atoms with Crippen molar-refractivity contribution in [2.45, 2.75) is 89.0 Å². The molecule has 39 heteroatoms. The number of nitrogens with one attached hydrogen (secondary N) is 3. The van der Waals surface area contributed by atoms with Crippen molar-refractivity contribution in [3.8, 4) is 114 Å². The van der Waals surface area contributed by atoms with E-state index in [1.54, 1.807) is 107 Å². The number of nitrogen functional groups attached to an aromatic ring is 1. The molecule has 0 radical (unpaired) electrons. The molecule has 2 aromatic heterocycles. The van der Waals surface area contributed by atoms with Gasteiger partial charge in [-0.05, 0) is 155 Å². The molecule has 0 bridgehead atoms. The molecule has 674 valence electrons. The predicted molar refractivity (Wildman–Crippen MR) is 479 cm³/mol. The largest absolute Gasteiger partial charge is 0.506 e. The number of ether oxygens (including phenoxy) is 13. The van der Waals surface area contributed by atoms with Crippen molar-refractivity contribution in [1.29, 1.82) is 0 Å². The number of anilines is 6. The lowest BCUT2D eigenvalue weighted by Crippen LogP contribution is -2.36. The Morgan fingerprint density at radius 3 is 1.31 bits per heavy atom. The number of hydrogen-bond donors (Lipinski definition) is 7. The fourth-order valence-electron chi connectivity index (χ4n) is 11.9. The highest BCUT2D eigenvalue weighted by Crippen LogP contribution is 2.46. The van der Waals surface area contributed by atoms with Gasteiger partial charge in [0.2, 0.25) is 29.5 Å².